The van der Waals surface area contributed by atoms with E-state index in [-0.39, 0.29) is 0 Å². The highest BCUT2D eigenvalue weighted by atomic mass is 79.9. The summed E-state index contributed by atoms with van der Waals surface area (Å²) in [6.07, 6.45) is 2.52. The fraction of sp³-hybridized carbons (Fsp3) is 0.273. The lowest BCUT2D eigenvalue weighted by atomic mass is 10.4. The molecular formula is C11H11BrN2OS. The van der Waals surface area contributed by atoms with E-state index in [1.807, 2.05) is 26.0 Å². The molecule has 2 aromatic heterocycles. The van der Waals surface area contributed by atoms with Gasteiger partial charge in [-0.2, -0.15) is 0 Å². The van der Waals surface area contributed by atoms with Gasteiger partial charge in [0.25, 0.3) is 0 Å². The number of rotatable bonds is 3. The summed E-state index contributed by atoms with van der Waals surface area (Å²) in [5.41, 5.74) is 0. The third-order valence-electron chi connectivity index (χ3n) is 2.06. The van der Waals surface area contributed by atoms with Crippen LogP contribution in [0.2, 0.25) is 0 Å². The van der Waals surface area contributed by atoms with E-state index < -0.39 is 0 Å². The highest BCUT2D eigenvalue weighted by Gasteiger charge is 2.07. The number of aryl methyl sites for hydroxylation is 2. The molecule has 2 heterocycles. The average Bonchev–Trinajstić information content (AvgIpc) is 2.63. The summed E-state index contributed by atoms with van der Waals surface area (Å²) in [4.78, 5) is 9.81. The summed E-state index contributed by atoms with van der Waals surface area (Å²) in [6, 6.07) is 3.86. The first-order chi connectivity index (χ1) is 7.69. The van der Waals surface area contributed by atoms with Gasteiger partial charge in [0.2, 0.25) is 0 Å². The maximum atomic E-state index is 5.25. The number of halogens is 1. The lowest BCUT2D eigenvalue weighted by Crippen LogP contribution is -1.94. The molecule has 0 atom stereocenters. The number of nitrogens with zero attached hydrogens (tertiary/aromatic N) is 2. The zero-order chi connectivity index (χ0) is 11.5. The molecule has 0 N–H and O–H groups in total. The van der Waals surface area contributed by atoms with Gasteiger partial charge in [0, 0.05) is 12.5 Å². The van der Waals surface area contributed by atoms with Gasteiger partial charge in [-0.15, -0.1) is 0 Å². The standard InChI is InChI=1S/C11H11BrN2OS/c1-3-10-13-9(12)6-11(14-10)16-8-4-5-15-7(8)2/h4-6H,3H2,1-2H3. The van der Waals surface area contributed by atoms with Crippen molar-refractivity contribution in [3.05, 3.63) is 34.6 Å². The Balaban J connectivity index is 2.28. The van der Waals surface area contributed by atoms with Crippen molar-refractivity contribution in [2.24, 2.45) is 0 Å². The van der Waals surface area contributed by atoms with Crippen LogP contribution in [0.1, 0.15) is 18.5 Å². The third kappa shape index (κ3) is 2.65. The van der Waals surface area contributed by atoms with Crippen LogP contribution in [0.5, 0.6) is 0 Å². The van der Waals surface area contributed by atoms with Crippen molar-refractivity contribution in [3.8, 4) is 0 Å². The molecule has 0 fully saturated rings. The molecule has 0 unspecified atom stereocenters. The van der Waals surface area contributed by atoms with Crippen molar-refractivity contribution in [1.82, 2.24) is 9.97 Å². The molecule has 0 aliphatic heterocycles. The SMILES string of the molecule is CCc1nc(Br)cc(Sc2ccoc2C)n1. The van der Waals surface area contributed by atoms with Gasteiger partial charge in [0.05, 0.1) is 11.2 Å². The summed E-state index contributed by atoms with van der Waals surface area (Å²) in [7, 11) is 0. The van der Waals surface area contributed by atoms with E-state index in [9.17, 15) is 0 Å². The lowest BCUT2D eigenvalue weighted by molar-refractivity contribution is 0.527. The van der Waals surface area contributed by atoms with Crippen molar-refractivity contribution in [1.29, 1.82) is 0 Å². The molecule has 5 heteroatoms. The predicted molar refractivity (Wildman–Crippen MR) is 66.7 cm³/mol. The van der Waals surface area contributed by atoms with Crippen LogP contribution >= 0.6 is 27.7 Å². The fourth-order valence-corrected chi connectivity index (χ4v) is 2.68. The number of hydrogen-bond donors (Lipinski definition) is 0. The van der Waals surface area contributed by atoms with E-state index in [0.29, 0.717) is 0 Å². The zero-order valence-corrected chi connectivity index (χ0v) is 11.4. The molecule has 0 spiro atoms. The first kappa shape index (κ1) is 11.7. The topological polar surface area (TPSA) is 38.9 Å². The highest BCUT2D eigenvalue weighted by molar-refractivity contribution is 9.10. The zero-order valence-electron chi connectivity index (χ0n) is 9.03. The highest BCUT2D eigenvalue weighted by Crippen LogP contribution is 2.30. The summed E-state index contributed by atoms with van der Waals surface area (Å²) in [5, 5.41) is 0.934. The number of hydrogen-bond acceptors (Lipinski definition) is 4. The van der Waals surface area contributed by atoms with E-state index in [2.05, 4.69) is 25.9 Å². The second-order valence-corrected chi connectivity index (χ2v) is 5.12. The molecule has 3 nitrogen and oxygen atoms in total. The van der Waals surface area contributed by atoms with Crippen molar-refractivity contribution >= 4 is 27.7 Å². The maximum absolute atomic E-state index is 5.25. The third-order valence-corrected chi connectivity index (χ3v) is 3.53. The number of furan rings is 1. The van der Waals surface area contributed by atoms with Gasteiger partial charge in [-0.25, -0.2) is 9.97 Å². The molecule has 0 saturated heterocycles. The van der Waals surface area contributed by atoms with E-state index >= 15 is 0 Å². The monoisotopic (exact) mass is 298 g/mol. The summed E-state index contributed by atoms with van der Waals surface area (Å²) < 4.78 is 6.07. The van der Waals surface area contributed by atoms with Crippen LogP contribution in [-0.2, 0) is 6.42 Å². The van der Waals surface area contributed by atoms with Crippen LogP contribution in [0, 0.1) is 6.92 Å². The molecular weight excluding hydrogens is 288 g/mol. The first-order valence-electron chi connectivity index (χ1n) is 4.94. The minimum atomic E-state index is 0.822. The maximum Gasteiger partial charge on any atom is 0.130 e. The van der Waals surface area contributed by atoms with E-state index in [1.165, 1.54) is 0 Å². The minimum absolute atomic E-state index is 0.822. The smallest absolute Gasteiger partial charge is 0.130 e. The van der Waals surface area contributed by atoms with Gasteiger partial charge in [0.15, 0.2) is 0 Å². The second-order valence-electron chi connectivity index (χ2n) is 3.24. The molecule has 84 valence electrons. The Morgan fingerprint density at radius 2 is 2.25 bits per heavy atom. The summed E-state index contributed by atoms with van der Waals surface area (Å²) in [6.45, 7) is 3.98. The Morgan fingerprint density at radius 1 is 1.44 bits per heavy atom. The molecule has 0 bridgehead atoms. The number of aromatic nitrogens is 2. The first-order valence-corrected chi connectivity index (χ1v) is 6.55. The molecule has 0 aliphatic rings. The molecule has 16 heavy (non-hydrogen) atoms. The van der Waals surface area contributed by atoms with Crippen LogP contribution in [-0.4, -0.2) is 9.97 Å². The van der Waals surface area contributed by atoms with Crippen LogP contribution < -0.4 is 0 Å². The van der Waals surface area contributed by atoms with Gasteiger partial charge in [-0.05, 0) is 28.9 Å². The molecule has 0 radical (unpaired) electrons. The van der Waals surface area contributed by atoms with Gasteiger partial charge in [-0.1, -0.05) is 18.7 Å². The molecule has 2 rings (SSSR count). The summed E-state index contributed by atoms with van der Waals surface area (Å²) >= 11 is 4.98. The fourth-order valence-electron chi connectivity index (χ4n) is 1.24. The Kier molecular flexibility index (Phi) is 3.66. The van der Waals surface area contributed by atoms with Crippen LogP contribution in [0.15, 0.2) is 37.3 Å². The van der Waals surface area contributed by atoms with Crippen molar-refractivity contribution in [2.45, 2.75) is 30.2 Å². The van der Waals surface area contributed by atoms with Crippen molar-refractivity contribution in [2.75, 3.05) is 0 Å². The molecule has 0 aliphatic carbocycles. The van der Waals surface area contributed by atoms with Gasteiger partial charge in [0.1, 0.15) is 21.2 Å². The normalized spacial score (nSPS) is 10.7. The van der Waals surface area contributed by atoms with Crippen LogP contribution in [0.3, 0.4) is 0 Å². The Bertz CT molecular complexity index is 498. The Morgan fingerprint density at radius 3 is 2.88 bits per heavy atom. The van der Waals surface area contributed by atoms with Crippen molar-refractivity contribution in [3.63, 3.8) is 0 Å². The van der Waals surface area contributed by atoms with Gasteiger partial charge >= 0.3 is 0 Å². The average molecular weight is 299 g/mol. The van der Waals surface area contributed by atoms with Gasteiger partial charge < -0.3 is 4.42 Å². The van der Waals surface area contributed by atoms with Crippen LogP contribution in [0.25, 0.3) is 0 Å². The quantitative estimate of drug-likeness (QED) is 0.807. The molecule has 0 amide bonds. The molecule has 0 saturated carbocycles. The van der Waals surface area contributed by atoms with E-state index in [4.69, 9.17) is 4.42 Å². The second kappa shape index (κ2) is 5.01. The Labute approximate surface area is 107 Å². The van der Waals surface area contributed by atoms with E-state index in [0.717, 1.165) is 32.5 Å². The van der Waals surface area contributed by atoms with E-state index in [1.54, 1.807) is 18.0 Å². The minimum Gasteiger partial charge on any atom is -0.468 e. The largest absolute Gasteiger partial charge is 0.468 e. The molecule has 2 aromatic rings. The van der Waals surface area contributed by atoms with Gasteiger partial charge in [-0.3, -0.25) is 0 Å². The van der Waals surface area contributed by atoms with Crippen LogP contribution in [0.4, 0.5) is 0 Å². The summed E-state index contributed by atoms with van der Waals surface area (Å²) in [5.74, 6) is 1.76. The lowest BCUT2D eigenvalue weighted by Gasteiger charge is -2.02. The van der Waals surface area contributed by atoms with Crippen molar-refractivity contribution < 1.29 is 4.42 Å². The Hall–Kier alpha value is -0.810. The predicted octanol–water partition coefficient (Wildman–Crippen LogP) is 3.85. The molecule has 0 aromatic carbocycles.